The van der Waals surface area contributed by atoms with Crippen molar-refractivity contribution in [1.29, 1.82) is 0 Å². The monoisotopic (exact) mass is 210 g/mol. The summed E-state index contributed by atoms with van der Waals surface area (Å²) >= 11 is 0. The van der Waals surface area contributed by atoms with Gasteiger partial charge in [-0.1, -0.05) is 49.9 Å². The van der Waals surface area contributed by atoms with Crippen molar-refractivity contribution < 1.29 is 4.79 Å². The van der Waals surface area contributed by atoms with E-state index >= 15 is 0 Å². The van der Waals surface area contributed by atoms with Crippen molar-refractivity contribution in [3.05, 3.63) is 54.1 Å². The lowest BCUT2D eigenvalue weighted by Crippen LogP contribution is -1.93. The highest BCUT2D eigenvalue weighted by molar-refractivity contribution is 5.86. The summed E-state index contributed by atoms with van der Waals surface area (Å²) in [5, 5.41) is 2.34. The average Bonchev–Trinajstić information content (AvgIpc) is 2.36. The maximum atomic E-state index is 10.7. The van der Waals surface area contributed by atoms with E-state index in [1.165, 1.54) is 5.39 Å². The Balaban J connectivity index is 2.55. The molecule has 1 unspecified atom stereocenters. The van der Waals surface area contributed by atoms with Crippen LogP contribution in [0.5, 0.6) is 0 Å². The van der Waals surface area contributed by atoms with E-state index in [1.807, 2.05) is 25.1 Å². The van der Waals surface area contributed by atoms with Gasteiger partial charge in [0.1, 0.15) is 6.29 Å². The van der Waals surface area contributed by atoms with Crippen molar-refractivity contribution >= 4 is 23.1 Å². The topological polar surface area (TPSA) is 17.1 Å². The summed E-state index contributed by atoms with van der Waals surface area (Å²) in [6.45, 7) is 5.66. The van der Waals surface area contributed by atoms with Crippen LogP contribution in [0.1, 0.15) is 24.0 Å². The normalized spacial score (nSPS) is 12.3. The molecule has 0 fully saturated rings. The number of aldehydes is 1. The molecule has 0 saturated heterocycles. The Morgan fingerprint density at radius 1 is 1.12 bits per heavy atom. The first-order chi connectivity index (χ1) is 7.74. The van der Waals surface area contributed by atoms with E-state index in [2.05, 4.69) is 30.8 Å². The minimum atomic E-state index is -0.0384. The number of rotatable bonds is 3. The van der Waals surface area contributed by atoms with E-state index in [9.17, 15) is 4.79 Å². The van der Waals surface area contributed by atoms with E-state index < -0.39 is 0 Å². The third-order valence-corrected chi connectivity index (χ3v) is 2.85. The van der Waals surface area contributed by atoms with Gasteiger partial charge in [-0.2, -0.15) is 0 Å². The van der Waals surface area contributed by atoms with Gasteiger partial charge >= 0.3 is 0 Å². The molecule has 0 aliphatic carbocycles. The summed E-state index contributed by atoms with van der Waals surface area (Å²) in [7, 11) is 0. The molecule has 2 aromatic carbocycles. The first-order valence-corrected chi connectivity index (χ1v) is 5.36. The molecule has 0 spiro atoms. The fourth-order valence-electron chi connectivity index (χ4n) is 1.77. The lowest BCUT2D eigenvalue weighted by atomic mass is 9.98. The highest BCUT2D eigenvalue weighted by Gasteiger charge is 2.04. The van der Waals surface area contributed by atoms with E-state index in [0.717, 1.165) is 22.8 Å². The molecule has 0 aliphatic heterocycles. The molecule has 80 valence electrons. The van der Waals surface area contributed by atoms with Crippen molar-refractivity contribution in [2.24, 2.45) is 0 Å². The fourth-order valence-corrected chi connectivity index (χ4v) is 1.77. The second-order valence-corrected chi connectivity index (χ2v) is 3.99. The molecule has 2 rings (SSSR count). The SMILES string of the molecule is C=Cc1ccc2cc(C(C)C=O)ccc2c1. The predicted molar refractivity (Wildman–Crippen MR) is 68.5 cm³/mol. The van der Waals surface area contributed by atoms with Crippen LogP contribution in [-0.4, -0.2) is 6.29 Å². The van der Waals surface area contributed by atoms with Gasteiger partial charge in [-0.05, 0) is 28.0 Å². The molecular weight excluding hydrogens is 196 g/mol. The van der Waals surface area contributed by atoms with E-state index in [1.54, 1.807) is 0 Å². The molecule has 1 nitrogen and oxygen atoms in total. The second kappa shape index (κ2) is 4.31. The van der Waals surface area contributed by atoms with Crippen LogP contribution in [0.15, 0.2) is 43.0 Å². The minimum absolute atomic E-state index is 0.0384. The molecule has 0 saturated carbocycles. The predicted octanol–water partition coefficient (Wildman–Crippen LogP) is 3.79. The lowest BCUT2D eigenvalue weighted by molar-refractivity contribution is -0.108. The molecule has 0 amide bonds. The van der Waals surface area contributed by atoms with Crippen LogP contribution in [-0.2, 0) is 4.79 Å². The third-order valence-electron chi connectivity index (χ3n) is 2.85. The third kappa shape index (κ3) is 1.89. The van der Waals surface area contributed by atoms with Gasteiger partial charge in [0, 0.05) is 5.92 Å². The zero-order valence-electron chi connectivity index (χ0n) is 9.31. The van der Waals surface area contributed by atoms with Gasteiger partial charge in [0.05, 0.1) is 0 Å². The molecule has 2 aromatic rings. The molecular formula is C15H14O. The first kappa shape index (κ1) is 10.6. The quantitative estimate of drug-likeness (QED) is 0.704. The zero-order chi connectivity index (χ0) is 11.5. The highest BCUT2D eigenvalue weighted by Crippen LogP contribution is 2.22. The van der Waals surface area contributed by atoms with Crippen LogP contribution in [0.3, 0.4) is 0 Å². The summed E-state index contributed by atoms with van der Waals surface area (Å²) in [5.74, 6) is -0.0384. The van der Waals surface area contributed by atoms with Crippen LogP contribution >= 0.6 is 0 Å². The Labute approximate surface area is 95.4 Å². The summed E-state index contributed by atoms with van der Waals surface area (Å²) in [6.07, 6.45) is 2.81. The van der Waals surface area contributed by atoms with Crippen molar-refractivity contribution in [2.45, 2.75) is 12.8 Å². The highest BCUT2D eigenvalue weighted by atomic mass is 16.1. The van der Waals surface area contributed by atoms with Crippen molar-refractivity contribution in [2.75, 3.05) is 0 Å². The summed E-state index contributed by atoms with van der Waals surface area (Å²) in [4.78, 5) is 10.7. The minimum Gasteiger partial charge on any atom is -0.303 e. The summed E-state index contributed by atoms with van der Waals surface area (Å²) in [6, 6.07) is 12.3. The number of benzene rings is 2. The van der Waals surface area contributed by atoms with Gasteiger partial charge < -0.3 is 4.79 Å². The van der Waals surface area contributed by atoms with E-state index in [4.69, 9.17) is 0 Å². The molecule has 1 heteroatoms. The molecule has 1 atom stereocenters. The second-order valence-electron chi connectivity index (χ2n) is 3.99. The fraction of sp³-hybridized carbons (Fsp3) is 0.133. The van der Waals surface area contributed by atoms with Crippen LogP contribution in [0.4, 0.5) is 0 Å². The van der Waals surface area contributed by atoms with Gasteiger partial charge in [-0.25, -0.2) is 0 Å². The Morgan fingerprint density at radius 2 is 1.81 bits per heavy atom. The van der Waals surface area contributed by atoms with Crippen LogP contribution < -0.4 is 0 Å². The summed E-state index contributed by atoms with van der Waals surface area (Å²) in [5.41, 5.74) is 2.18. The molecule has 0 aliphatic rings. The number of carbonyl (C=O) groups is 1. The van der Waals surface area contributed by atoms with E-state index in [-0.39, 0.29) is 5.92 Å². The maximum Gasteiger partial charge on any atom is 0.127 e. The Hall–Kier alpha value is -1.89. The van der Waals surface area contributed by atoms with Crippen molar-refractivity contribution in [3.63, 3.8) is 0 Å². The molecule has 0 aromatic heterocycles. The van der Waals surface area contributed by atoms with Crippen LogP contribution in [0, 0.1) is 0 Å². The maximum absolute atomic E-state index is 10.7. The van der Waals surface area contributed by atoms with Crippen molar-refractivity contribution in [1.82, 2.24) is 0 Å². The van der Waals surface area contributed by atoms with Gasteiger partial charge in [-0.3, -0.25) is 0 Å². The van der Waals surface area contributed by atoms with E-state index in [0.29, 0.717) is 0 Å². The molecule has 0 bridgehead atoms. The number of carbonyl (C=O) groups excluding carboxylic acids is 1. The lowest BCUT2D eigenvalue weighted by Gasteiger charge is -2.06. The largest absolute Gasteiger partial charge is 0.303 e. The Kier molecular flexibility index (Phi) is 2.86. The van der Waals surface area contributed by atoms with Gasteiger partial charge in [-0.15, -0.1) is 0 Å². The zero-order valence-corrected chi connectivity index (χ0v) is 9.31. The van der Waals surface area contributed by atoms with Gasteiger partial charge in [0.15, 0.2) is 0 Å². The first-order valence-electron chi connectivity index (χ1n) is 5.36. The van der Waals surface area contributed by atoms with Gasteiger partial charge in [0.2, 0.25) is 0 Å². The Morgan fingerprint density at radius 3 is 2.50 bits per heavy atom. The standard InChI is InChI=1S/C15H14O/c1-3-12-4-5-15-9-13(11(2)10-16)6-7-14(15)8-12/h3-11H,1H2,2H3. The van der Waals surface area contributed by atoms with Crippen LogP contribution in [0.2, 0.25) is 0 Å². The smallest absolute Gasteiger partial charge is 0.127 e. The van der Waals surface area contributed by atoms with Crippen molar-refractivity contribution in [3.8, 4) is 0 Å². The van der Waals surface area contributed by atoms with Gasteiger partial charge in [0.25, 0.3) is 0 Å². The molecule has 0 heterocycles. The van der Waals surface area contributed by atoms with Crippen LogP contribution in [0.25, 0.3) is 16.8 Å². The Bertz CT molecular complexity index is 540. The molecule has 0 radical (unpaired) electrons. The number of hydrogen-bond acceptors (Lipinski definition) is 1. The molecule has 0 N–H and O–H groups in total. The number of fused-ring (bicyclic) bond motifs is 1. The molecule has 16 heavy (non-hydrogen) atoms. The number of hydrogen-bond donors (Lipinski definition) is 0. The average molecular weight is 210 g/mol. The summed E-state index contributed by atoms with van der Waals surface area (Å²) < 4.78 is 0.